The van der Waals surface area contributed by atoms with Crippen molar-refractivity contribution in [3.8, 4) is 6.07 Å². The van der Waals surface area contributed by atoms with Gasteiger partial charge in [0, 0.05) is 17.6 Å². The predicted molar refractivity (Wildman–Crippen MR) is 142 cm³/mol. The van der Waals surface area contributed by atoms with Gasteiger partial charge in [0.2, 0.25) is 0 Å². The number of nitrogens with one attached hydrogen (secondary N) is 1. The van der Waals surface area contributed by atoms with Crippen molar-refractivity contribution in [2.24, 2.45) is 10.8 Å². The number of hydrogen-bond acceptors (Lipinski definition) is 3. The second kappa shape index (κ2) is 10.3. The highest BCUT2D eigenvalue weighted by atomic mass is 15.3. The van der Waals surface area contributed by atoms with Crippen molar-refractivity contribution in [3.05, 3.63) is 35.4 Å². The summed E-state index contributed by atoms with van der Waals surface area (Å²) < 4.78 is 0. The van der Waals surface area contributed by atoms with E-state index in [1.807, 2.05) is 6.92 Å². The SMILES string of the molecule is CC(C#N)c1ccc(C(CC(C)(C)CCC=N)C(C)(C)CN2C(C)(C)CCCC2(C)C)cc1. The van der Waals surface area contributed by atoms with Crippen LogP contribution >= 0.6 is 0 Å². The normalized spacial score (nSPS) is 20.6. The van der Waals surface area contributed by atoms with Gasteiger partial charge in [-0.2, -0.15) is 5.26 Å². The molecule has 1 aliphatic rings. The quantitative estimate of drug-likeness (QED) is 0.364. The topological polar surface area (TPSA) is 50.9 Å². The van der Waals surface area contributed by atoms with Crippen LogP contribution in [0.4, 0.5) is 0 Å². The van der Waals surface area contributed by atoms with Crippen molar-refractivity contribution in [2.75, 3.05) is 6.54 Å². The van der Waals surface area contributed by atoms with Gasteiger partial charge in [-0.3, -0.25) is 4.90 Å². The molecule has 3 nitrogen and oxygen atoms in total. The fraction of sp³-hybridized carbons (Fsp3) is 0.733. The molecule has 2 rings (SSSR count). The summed E-state index contributed by atoms with van der Waals surface area (Å²) in [5.74, 6) is 0.322. The van der Waals surface area contributed by atoms with E-state index in [0.29, 0.717) is 5.92 Å². The largest absolute Gasteiger partial charge is 0.313 e. The molecule has 1 N–H and O–H groups in total. The lowest BCUT2D eigenvalue weighted by Gasteiger charge is -2.56. The summed E-state index contributed by atoms with van der Waals surface area (Å²) in [7, 11) is 0. The maximum Gasteiger partial charge on any atom is 0.0700 e. The van der Waals surface area contributed by atoms with Gasteiger partial charge in [-0.15, -0.1) is 0 Å². The van der Waals surface area contributed by atoms with Gasteiger partial charge in [-0.05, 0) is 107 Å². The number of hydrogen-bond donors (Lipinski definition) is 1. The molecule has 0 amide bonds. The molecule has 1 aromatic carbocycles. The lowest BCUT2D eigenvalue weighted by molar-refractivity contribution is -0.0573. The molecule has 0 aromatic heterocycles. The molecule has 2 atom stereocenters. The van der Waals surface area contributed by atoms with E-state index in [9.17, 15) is 5.26 Å². The third kappa shape index (κ3) is 6.92. The summed E-state index contributed by atoms with van der Waals surface area (Å²) in [6.45, 7) is 22.4. The van der Waals surface area contributed by atoms with Crippen molar-refractivity contribution in [1.82, 2.24) is 4.90 Å². The fourth-order valence-electron chi connectivity index (χ4n) is 6.04. The Morgan fingerprint density at radius 3 is 2.03 bits per heavy atom. The molecule has 0 bridgehead atoms. The number of nitriles is 1. The van der Waals surface area contributed by atoms with Crippen LogP contribution in [0, 0.1) is 27.6 Å². The fourth-order valence-corrected chi connectivity index (χ4v) is 6.04. The zero-order valence-electron chi connectivity index (χ0n) is 22.9. The molecule has 0 radical (unpaired) electrons. The van der Waals surface area contributed by atoms with Crippen molar-refractivity contribution in [3.63, 3.8) is 0 Å². The first-order chi connectivity index (χ1) is 15.1. The molecule has 1 heterocycles. The van der Waals surface area contributed by atoms with E-state index in [-0.39, 0.29) is 27.8 Å². The zero-order chi connectivity index (χ0) is 25.1. The Morgan fingerprint density at radius 1 is 1.03 bits per heavy atom. The molecule has 1 aromatic rings. The second-order valence-electron chi connectivity index (χ2n) is 13.2. The Labute approximate surface area is 204 Å². The zero-order valence-corrected chi connectivity index (χ0v) is 22.9. The Kier molecular flexibility index (Phi) is 8.61. The number of nitrogens with zero attached hydrogens (tertiary/aromatic N) is 2. The van der Waals surface area contributed by atoms with Gasteiger partial charge in [0.05, 0.1) is 12.0 Å². The smallest absolute Gasteiger partial charge is 0.0700 e. The lowest BCUT2D eigenvalue weighted by atomic mass is 9.65. The maximum atomic E-state index is 9.34. The summed E-state index contributed by atoms with van der Waals surface area (Å²) in [6, 6.07) is 11.2. The van der Waals surface area contributed by atoms with E-state index in [0.717, 1.165) is 31.4 Å². The summed E-state index contributed by atoms with van der Waals surface area (Å²) in [6.07, 6.45) is 8.33. The van der Waals surface area contributed by atoms with E-state index >= 15 is 0 Å². The van der Waals surface area contributed by atoms with Gasteiger partial charge in [0.15, 0.2) is 0 Å². The number of likely N-dealkylation sites (tertiary alicyclic amines) is 1. The van der Waals surface area contributed by atoms with Crippen LogP contribution in [0.5, 0.6) is 0 Å². The summed E-state index contributed by atoms with van der Waals surface area (Å²) in [5, 5.41) is 16.9. The molecule has 1 saturated heterocycles. The monoisotopic (exact) mass is 451 g/mol. The minimum Gasteiger partial charge on any atom is -0.313 e. The van der Waals surface area contributed by atoms with E-state index < -0.39 is 0 Å². The van der Waals surface area contributed by atoms with Crippen LogP contribution < -0.4 is 0 Å². The average Bonchev–Trinajstić information content (AvgIpc) is 2.73. The second-order valence-corrected chi connectivity index (χ2v) is 13.2. The highest BCUT2D eigenvalue weighted by molar-refractivity contribution is 5.52. The molecule has 184 valence electrons. The number of piperidine rings is 1. The maximum absolute atomic E-state index is 9.34. The van der Waals surface area contributed by atoms with Crippen molar-refractivity contribution in [2.45, 2.75) is 124 Å². The molecular weight excluding hydrogens is 402 g/mol. The van der Waals surface area contributed by atoms with Crippen LogP contribution in [-0.2, 0) is 0 Å². The number of rotatable bonds is 10. The third-order valence-electron chi connectivity index (χ3n) is 8.30. The highest BCUT2D eigenvalue weighted by Gasteiger charge is 2.45. The van der Waals surface area contributed by atoms with Crippen molar-refractivity contribution in [1.29, 1.82) is 10.7 Å². The Balaban J connectivity index is 2.44. The van der Waals surface area contributed by atoms with E-state index in [2.05, 4.69) is 90.6 Å². The van der Waals surface area contributed by atoms with Crippen LogP contribution in [0.25, 0.3) is 0 Å². The minimum atomic E-state index is -0.0792. The molecule has 3 heteroatoms. The first kappa shape index (κ1) is 27.6. The van der Waals surface area contributed by atoms with Crippen molar-refractivity contribution >= 4 is 6.21 Å². The van der Waals surface area contributed by atoms with Crippen LogP contribution in [-0.4, -0.2) is 28.7 Å². The van der Waals surface area contributed by atoms with E-state index in [1.165, 1.54) is 24.8 Å². The van der Waals surface area contributed by atoms with Gasteiger partial charge >= 0.3 is 0 Å². The van der Waals surface area contributed by atoms with Crippen LogP contribution in [0.1, 0.15) is 124 Å². The molecule has 1 aliphatic heterocycles. The van der Waals surface area contributed by atoms with E-state index in [4.69, 9.17) is 5.41 Å². The number of benzene rings is 1. The van der Waals surface area contributed by atoms with Gasteiger partial charge < -0.3 is 5.41 Å². The van der Waals surface area contributed by atoms with Gasteiger partial charge in [0.25, 0.3) is 0 Å². The molecule has 0 spiro atoms. The van der Waals surface area contributed by atoms with Crippen LogP contribution in [0.3, 0.4) is 0 Å². The standard InChI is InChI=1S/C30H49N3/c1-23(21-32)24-12-14-25(15-13-24)26(20-27(2,3)16-11-19-31)28(4,5)22-33-29(6,7)17-10-18-30(33,8)9/h12-15,19,23,26,31H,10-11,16-18,20,22H2,1-9H3. The predicted octanol–water partition coefficient (Wildman–Crippen LogP) is 8.31. The summed E-state index contributed by atoms with van der Waals surface area (Å²) in [4.78, 5) is 2.78. The Morgan fingerprint density at radius 2 is 1.55 bits per heavy atom. The Bertz CT molecular complexity index is 807. The average molecular weight is 452 g/mol. The lowest BCUT2D eigenvalue weighted by Crippen LogP contribution is -2.61. The van der Waals surface area contributed by atoms with Crippen LogP contribution in [0.15, 0.2) is 24.3 Å². The summed E-state index contributed by atoms with van der Waals surface area (Å²) in [5.41, 5.74) is 3.11. The van der Waals surface area contributed by atoms with Crippen LogP contribution in [0.2, 0.25) is 0 Å². The molecule has 2 unspecified atom stereocenters. The summed E-state index contributed by atoms with van der Waals surface area (Å²) >= 11 is 0. The van der Waals surface area contributed by atoms with E-state index in [1.54, 1.807) is 6.21 Å². The third-order valence-corrected chi connectivity index (χ3v) is 8.30. The molecule has 0 saturated carbocycles. The molecule has 1 fully saturated rings. The first-order valence-corrected chi connectivity index (χ1v) is 12.9. The van der Waals surface area contributed by atoms with Crippen molar-refractivity contribution < 1.29 is 0 Å². The minimum absolute atomic E-state index is 0.0792. The molecule has 0 aliphatic carbocycles. The molecular formula is C30H49N3. The van der Waals surface area contributed by atoms with Gasteiger partial charge in [0.1, 0.15) is 0 Å². The van der Waals surface area contributed by atoms with Gasteiger partial charge in [-0.1, -0.05) is 52.0 Å². The Hall–Kier alpha value is -1.66. The molecule has 33 heavy (non-hydrogen) atoms. The highest BCUT2D eigenvalue weighted by Crippen LogP contribution is 2.48. The first-order valence-electron chi connectivity index (χ1n) is 12.9. The van der Waals surface area contributed by atoms with Gasteiger partial charge in [-0.25, -0.2) is 0 Å².